The van der Waals surface area contributed by atoms with E-state index in [2.05, 4.69) is 48.7 Å². The monoisotopic (exact) mass is 1690 g/mol. The van der Waals surface area contributed by atoms with Crippen LogP contribution in [0.5, 0.6) is 5.75 Å². The number of nitrogens with one attached hydrogen (secondary N) is 2. The Morgan fingerprint density at radius 3 is 0.797 bits per heavy atom. The van der Waals surface area contributed by atoms with E-state index in [1.54, 1.807) is 0 Å². The third-order valence-electron chi connectivity index (χ3n) is 19.9. The molecule has 23 heteroatoms. The highest BCUT2D eigenvalue weighted by Gasteiger charge is 2.18. The summed E-state index contributed by atoms with van der Waals surface area (Å²) in [5.41, 5.74) is 6.87. The van der Waals surface area contributed by atoms with E-state index in [0.717, 1.165) is 409 Å². The van der Waals surface area contributed by atoms with Gasteiger partial charge in [-0.2, -0.15) is 0 Å². The number of rotatable bonds is 105. The number of hydrogen-bond donors (Lipinski definition) is 3. The fraction of sp³-hybridized carbons (Fsp3) is 0.926. The molecule has 0 radical (unpaired) electrons. The van der Waals surface area contributed by atoms with E-state index in [1.807, 2.05) is 6.92 Å². The van der Waals surface area contributed by atoms with Gasteiger partial charge in [-0.15, -0.1) is 0 Å². The summed E-state index contributed by atoms with van der Waals surface area (Å²) >= 11 is 0. The number of benzene rings is 1. The van der Waals surface area contributed by atoms with Crippen LogP contribution in [0, 0.1) is 0 Å². The highest BCUT2D eigenvalue weighted by Crippen LogP contribution is 2.20. The molecule has 118 heavy (non-hydrogen) atoms. The van der Waals surface area contributed by atoms with Crippen LogP contribution in [0.3, 0.4) is 0 Å². The summed E-state index contributed by atoms with van der Waals surface area (Å²) in [6, 6.07) is 8.54. The Hall–Kier alpha value is -2.47. The van der Waals surface area contributed by atoms with Crippen LogP contribution in [0.25, 0.3) is 0 Å². The number of carbonyl (C=O) groups is 1. The van der Waals surface area contributed by atoms with Crippen molar-refractivity contribution >= 4 is 6.09 Å². The van der Waals surface area contributed by atoms with Crippen molar-refractivity contribution in [2.75, 3.05) is 251 Å². The number of ether oxygens (including phenoxy) is 19. The molecule has 0 aliphatic rings. The lowest BCUT2D eigenvalue weighted by atomic mass is 10.0. The minimum Gasteiger partial charge on any atom is -0.488 e. The first-order valence-corrected chi connectivity index (χ1v) is 48.5. The Labute approximate surface area is 722 Å². The summed E-state index contributed by atoms with van der Waals surface area (Å²) in [4.78, 5) is 12.3. The average molecular weight is 1690 g/mol. The maximum atomic E-state index is 12.3. The number of nitrogens with two attached hydrogens (primary N) is 1. The summed E-state index contributed by atoms with van der Waals surface area (Å²) in [6.07, 6.45) is 48.3. The summed E-state index contributed by atoms with van der Waals surface area (Å²) < 4.78 is 111. The third kappa shape index (κ3) is 92.7. The van der Waals surface area contributed by atoms with Crippen molar-refractivity contribution in [2.45, 2.75) is 322 Å². The largest absolute Gasteiger partial charge is 0.488 e. The minimum atomic E-state index is -0.453. The fourth-order valence-electron chi connectivity index (χ4n) is 12.4. The van der Waals surface area contributed by atoms with Crippen molar-refractivity contribution in [3.63, 3.8) is 0 Å². The SMILES string of the molecule is CCCCCCCCCCCCc1ccc(OC(CCOCCCCOCCCCOCCCCOCCCCOCCCCOCCCCOCCCCOCCCCOCCCCOCCCCOCCCCOCCCCOCCCCOCCCCOCCCCOCCCC)COC(CC)COC(=O)NCCNCCN)cc1. The number of aryl methyl sites for hydroxylation is 1. The molecule has 0 spiro atoms. The highest BCUT2D eigenvalue weighted by molar-refractivity contribution is 5.67. The van der Waals surface area contributed by atoms with Gasteiger partial charge >= 0.3 is 6.09 Å². The van der Waals surface area contributed by atoms with E-state index in [1.165, 1.54) is 76.2 Å². The maximum Gasteiger partial charge on any atom is 0.407 e. The second-order valence-electron chi connectivity index (χ2n) is 31.3. The quantitative estimate of drug-likeness (QED) is 0.0513. The molecular weight excluding hydrogens is 1500 g/mol. The highest BCUT2D eigenvalue weighted by atomic mass is 16.6. The first-order valence-electron chi connectivity index (χ1n) is 48.5. The molecule has 0 aromatic heterocycles. The Bertz CT molecular complexity index is 2020. The maximum absolute atomic E-state index is 12.3. The number of unbranched alkanes of at least 4 members (excludes halogenated alkanes) is 25. The van der Waals surface area contributed by atoms with E-state index in [-0.39, 0.29) is 18.8 Å². The number of hydrogen-bond acceptors (Lipinski definition) is 22. The second-order valence-corrected chi connectivity index (χ2v) is 31.3. The first-order chi connectivity index (χ1) is 58.6. The van der Waals surface area contributed by atoms with Gasteiger partial charge in [-0.25, -0.2) is 4.79 Å². The topological polar surface area (TPSA) is 243 Å². The van der Waals surface area contributed by atoms with Gasteiger partial charge in [-0.3, -0.25) is 0 Å². The van der Waals surface area contributed by atoms with Gasteiger partial charge in [0.1, 0.15) is 18.5 Å². The lowest BCUT2D eigenvalue weighted by molar-refractivity contribution is -0.0370. The van der Waals surface area contributed by atoms with Crippen LogP contribution in [0.15, 0.2) is 24.3 Å². The van der Waals surface area contributed by atoms with Crippen molar-refractivity contribution in [3.8, 4) is 5.75 Å². The van der Waals surface area contributed by atoms with Gasteiger partial charge in [0.15, 0.2) is 0 Å². The van der Waals surface area contributed by atoms with Crippen LogP contribution in [-0.4, -0.2) is 269 Å². The van der Waals surface area contributed by atoms with Crippen molar-refractivity contribution in [2.24, 2.45) is 5.73 Å². The van der Waals surface area contributed by atoms with Crippen LogP contribution in [0.2, 0.25) is 0 Å². The zero-order chi connectivity index (χ0) is 84.3. The van der Waals surface area contributed by atoms with Crippen LogP contribution in [0.4, 0.5) is 4.79 Å². The molecule has 0 saturated heterocycles. The summed E-state index contributed by atoms with van der Waals surface area (Å²) in [5, 5.41) is 5.92. The molecular formula is C95H185N3O20. The van der Waals surface area contributed by atoms with Crippen LogP contribution >= 0.6 is 0 Å². The van der Waals surface area contributed by atoms with Crippen molar-refractivity contribution in [1.29, 1.82) is 0 Å². The molecule has 0 aliphatic heterocycles. The zero-order valence-corrected chi connectivity index (χ0v) is 76.4. The smallest absolute Gasteiger partial charge is 0.407 e. The zero-order valence-electron chi connectivity index (χ0n) is 76.4. The number of amides is 1. The molecule has 2 atom stereocenters. The molecule has 1 aromatic carbocycles. The average Bonchev–Trinajstić information content (AvgIpc) is 0.892. The minimum absolute atomic E-state index is 0.171. The lowest BCUT2D eigenvalue weighted by Gasteiger charge is -2.23. The van der Waals surface area contributed by atoms with Crippen molar-refractivity contribution in [3.05, 3.63) is 29.8 Å². The van der Waals surface area contributed by atoms with E-state index >= 15 is 0 Å². The van der Waals surface area contributed by atoms with Crippen LogP contribution in [0.1, 0.15) is 309 Å². The van der Waals surface area contributed by atoms with Gasteiger partial charge in [0.2, 0.25) is 0 Å². The third-order valence-corrected chi connectivity index (χ3v) is 19.9. The van der Waals surface area contributed by atoms with Crippen LogP contribution < -0.4 is 21.1 Å². The molecule has 1 amide bonds. The van der Waals surface area contributed by atoms with Crippen molar-refractivity contribution in [1.82, 2.24) is 10.6 Å². The molecule has 2 unspecified atom stereocenters. The standard InChI is InChI=1S/C95H185N3O20/c1-4-7-9-10-11-12-13-14-15-16-47-91-48-50-93(51-49-91)118-94(90-116-92(6-3)89-117-95(99)98-56-55-97-54-53-96)52-88-115-87-46-45-86-114-85-44-43-84-113-83-42-41-82-112-81-40-39-80-111-79-38-37-78-110-77-36-35-76-109-75-34-33-74-108-73-32-31-72-107-71-30-29-70-106-69-28-27-68-105-67-26-25-66-104-65-24-23-64-103-63-22-21-62-102-61-20-19-60-101-59-18-17-58-100-57-8-5-2/h48-51,92,94,97H,4-47,52-90,96H2,1-3H3,(H,98,99). The molecule has 1 rings (SSSR count). The van der Waals surface area contributed by atoms with E-state index in [9.17, 15) is 4.79 Å². The van der Waals surface area contributed by atoms with Gasteiger partial charge in [0, 0.05) is 237 Å². The molecule has 0 aliphatic carbocycles. The number of alkyl carbamates (subject to hydrolysis) is 1. The lowest BCUT2D eigenvalue weighted by Crippen LogP contribution is -2.36. The molecule has 4 N–H and O–H groups in total. The normalized spacial score (nSPS) is 12.2. The van der Waals surface area contributed by atoms with Crippen LogP contribution in [-0.2, 0) is 91.7 Å². The molecule has 0 fully saturated rings. The summed E-state index contributed by atoms with van der Waals surface area (Å²) in [6.45, 7) is 34.6. The predicted octanol–water partition coefficient (Wildman–Crippen LogP) is 19.1. The Morgan fingerprint density at radius 2 is 0.534 bits per heavy atom. The van der Waals surface area contributed by atoms with E-state index in [4.69, 9.17) is 95.7 Å². The number of carbonyl (C=O) groups excluding carboxylic acids is 1. The predicted molar refractivity (Wildman–Crippen MR) is 479 cm³/mol. The van der Waals surface area contributed by atoms with Gasteiger partial charge in [-0.1, -0.05) is 97.1 Å². The van der Waals surface area contributed by atoms with Gasteiger partial charge in [0.25, 0.3) is 0 Å². The van der Waals surface area contributed by atoms with Gasteiger partial charge in [0.05, 0.1) is 19.3 Å². The van der Waals surface area contributed by atoms with Crippen molar-refractivity contribution < 1.29 is 94.8 Å². The Morgan fingerprint density at radius 1 is 0.280 bits per heavy atom. The Balaban J connectivity index is 1.78. The fourth-order valence-corrected chi connectivity index (χ4v) is 12.4. The molecule has 700 valence electrons. The first kappa shape index (κ1) is 114. The van der Waals surface area contributed by atoms with E-state index in [0.29, 0.717) is 58.8 Å². The molecule has 0 bridgehead atoms. The molecule has 0 saturated carbocycles. The summed E-state index contributed by atoms with van der Waals surface area (Å²) in [7, 11) is 0. The van der Waals surface area contributed by atoms with E-state index < -0.39 is 6.09 Å². The van der Waals surface area contributed by atoms with Gasteiger partial charge < -0.3 is 106 Å². The summed E-state index contributed by atoms with van der Waals surface area (Å²) in [5.74, 6) is 0.826. The van der Waals surface area contributed by atoms with Gasteiger partial charge in [-0.05, 0) is 236 Å². The molecule has 0 heterocycles. The molecule has 1 aromatic rings. The molecule has 23 nitrogen and oxygen atoms in total. The second kappa shape index (κ2) is 102. The Kier molecular flexibility index (Phi) is 97.8.